The Labute approximate surface area is 81.6 Å². The first-order valence-corrected chi connectivity index (χ1v) is 3.97. The normalized spacial score (nSPS) is 9.64. The van der Waals surface area contributed by atoms with Gasteiger partial charge in [0.2, 0.25) is 0 Å². The number of anilines is 2. The van der Waals surface area contributed by atoms with Crippen molar-refractivity contribution in [3.8, 4) is 0 Å². The van der Waals surface area contributed by atoms with Crippen molar-refractivity contribution < 1.29 is 4.79 Å². The van der Waals surface area contributed by atoms with Crippen LogP contribution in [-0.2, 0) is 0 Å². The predicted octanol–water partition coefficient (Wildman–Crippen LogP) is -0.159. The first-order valence-electron chi connectivity index (χ1n) is 3.97. The molecule has 1 aromatic rings. The van der Waals surface area contributed by atoms with E-state index in [1.807, 2.05) is 12.3 Å². The Bertz CT molecular complexity index is 352. The van der Waals surface area contributed by atoms with E-state index in [2.05, 4.69) is 0 Å². The molecular formula is C8H13N5O. The maximum absolute atomic E-state index is 11.0. The molecule has 0 unspecified atom stereocenters. The molecule has 0 spiro atoms. The summed E-state index contributed by atoms with van der Waals surface area (Å²) in [7, 11) is 0. The molecule has 0 radical (unpaired) electrons. The van der Waals surface area contributed by atoms with Crippen molar-refractivity contribution in [1.82, 2.24) is 5.43 Å². The van der Waals surface area contributed by atoms with Gasteiger partial charge in [0.05, 0.1) is 5.69 Å². The number of hydrazine groups is 2. The minimum absolute atomic E-state index is 0.482. The number of urea groups is 1. The molecule has 0 saturated carbocycles. The van der Waals surface area contributed by atoms with Crippen LogP contribution in [0.25, 0.3) is 0 Å². The largest absolute Gasteiger partial charge is 0.398 e. The van der Waals surface area contributed by atoms with Crippen LogP contribution in [0.1, 0.15) is 5.56 Å². The van der Waals surface area contributed by atoms with Gasteiger partial charge in [-0.05, 0) is 24.6 Å². The molecule has 0 fully saturated rings. The number of rotatable bonds is 1. The van der Waals surface area contributed by atoms with E-state index in [0.29, 0.717) is 11.4 Å². The van der Waals surface area contributed by atoms with Gasteiger partial charge >= 0.3 is 6.03 Å². The van der Waals surface area contributed by atoms with E-state index in [-0.39, 0.29) is 0 Å². The van der Waals surface area contributed by atoms with E-state index in [0.717, 1.165) is 10.6 Å². The summed E-state index contributed by atoms with van der Waals surface area (Å²) in [6.45, 7) is 1.86. The van der Waals surface area contributed by atoms with Crippen LogP contribution in [0, 0.1) is 6.92 Å². The number of carbonyl (C=O) groups is 1. The quantitative estimate of drug-likeness (QED) is 0.216. The number of carbonyl (C=O) groups excluding carboxylic acids is 1. The van der Waals surface area contributed by atoms with Crippen LogP contribution in [-0.4, -0.2) is 6.03 Å². The van der Waals surface area contributed by atoms with Crippen molar-refractivity contribution in [2.24, 2.45) is 11.7 Å². The summed E-state index contributed by atoms with van der Waals surface area (Å²) in [6.07, 6.45) is 0. The average Bonchev–Trinajstić information content (AvgIpc) is 2.20. The van der Waals surface area contributed by atoms with E-state index in [4.69, 9.17) is 17.4 Å². The first kappa shape index (κ1) is 10.3. The molecule has 14 heavy (non-hydrogen) atoms. The minimum Gasteiger partial charge on any atom is -0.398 e. The fourth-order valence-electron chi connectivity index (χ4n) is 0.965. The second kappa shape index (κ2) is 3.95. The van der Waals surface area contributed by atoms with Crippen molar-refractivity contribution in [2.75, 3.05) is 10.7 Å². The Morgan fingerprint density at radius 1 is 1.50 bits per heavy atom. The van der Waals surface area contributed by atoms with Crippen molar-refractivity contribution in [1.29, 1.82) is 0 Å². The van der Waals surface area contributed by atoms with Crippen molar-refractivity contribution in [2.45, 2.75) is 6.92 Å². The molecule has 0 aliphatic carbocycles. The van der Waals surface area contributed by atoms with Crippen molar-refractivity contribution >= 4 is 17.4 Å². The van der Waals surface area contributed by atoms with Crippen LogP contribution >= 0.6 is 0 Å². The van der Waals surface area contributed by atoms with E-state index in [1.165, 1.54) is 0 Å². The van der Waals surface area contributed by atoms with Gasteiger partial charge in [-0.25, -0.2) is 21.5 Å². The third kappa shape index (κ3) is 1.93. The molecule has 0 aliphatic rings. The van der Waals surface area contributed by atoms with Gasteiger partial charge in [0.15, 0.2) is 0 Å². The molecule has 7 N–H and O–H groups in total. The van der Waals surface area contributed by atoms with Gasteiger partial charge in [-0.1, -0.05) is 6.07 Å². The fourth-order valence-corrected chi connectivity index (χ4v) is 0.965. The van der Waals surface area contributed by atoms with Gasteiger partial charge < -0.3 is 5.73 Å². The second-order valence-electron chi connectivity index (χ2n) is 2.86. The number of aryl methyl sites for hydroxylation is 1. The molecule has 0 heterocycles. The third-order valence-corrected chi connectivity index (χ3v) is 1.88. The number of hydrogen-bond acceptors (Lipinski definition) is 4. The molecule has 0 aliphatic heterocycles. The van der Waals surface area contributed by atoms with Gasteiger partial charge in [-0.15, -0.1) is 0 Å². The molecule has 0 atom stereocenters. The highest BCUT2D eigenvalue weighted by molar-refractivity contribution is 5.90. The van der Waals surface area contributed by atoms with Crippen LogP contribution in [0.2, 0.25) is 0 Å². The summed E-state index contributed by atoms with van der Waals surface area (Å²) >= 11 is 0. The molecule has 2 amide bonds. The SMILES string of the molecule is Cc1ccc(N(N)C(=O)NN)cc1N. The van der Waals surface area contributed by atoms with E-state index < -0.39 is 6.03 Å². The Hall–Kier alpha value is -1.79. The molecule has 6 nitrogen and oxygen atoms in total. The van der Waals surface area contributed by atoms with Gasteiger partial charge in [-0.3, -0.25) is 5.43 Å². The maximum atomic E-state index is 11.0. The average molecular weight is 195 g/mol. The molecule has 0 bridgehead atoms. The van der Waals surface area contributed by atoms with Crippen LogP contribution in [0.15, 0.2) is 18.2 Å². The van der Waals surface area contributed by atoms with Gasteiger partial charge in [0.25, 0.3) is 0 Å². The third-order valence-electron chi connectivity index (χ3n) is 1.88. The van der Waals surface area contributed by atoms with Crippen LogP contribution in [0.3, 0.4) is 0 Å². The van der Waals surface area contributed by atoms with E-state index >= 15 is 0 Å². The Morgan fingerprint density at radius 2 is 2.14 bits per heavy atom. The van der Waals surface area contributed by atoms with Crippen LogP contribution < -0.4 is 27.9 Å². The Balaban J connectivity index is 2.96. The number of benzene rings is 1. The molecule has 0 aromatic heterocycles. The minimum atomic E-state index is -0.603. The molecular weight excluding hydrogens is 182 g/mol. The van der Waals surface area contributed by atoms with E-state index in [9.17, 15) is 4.79 Å². The van der Waals surface area contributed by atoms with Crippen LogP contribution in [0.4, 0.5) is 16.2 Å². The molecule has 1 aromatic carbocycles. The number of amides is 2. The Kier molecular flexibility index (Phi) is 2.90. The lowest BCUT2D eigenvalue weighted by atomic mass is 10.2. The van der Waals surface area contributed by atoms with Crippen LogP contribution in [0.5, 0.6) is 0 Å². The zero-order chi connectivity index (χ0) is 10.7. The molecule has 1 rings (SSSR count). The fraction of sp³-hybridized carbons (Fsp3) is 0.125. The highest BCUT2D eigenvalue weighted by Crippen LogP contribution is 2.18. The van der Waals surface area contributed by atoms with Gasteiger partial charge in [0.1, 0.15) is 0 Å². The molecule has 6 heteroatoms. The lowest BCUT2D eigenvalue weighted by Gasteiger charge is -2.16. The second-order valence-corrected chi connectivity index (χ2v) is 2.86. The summed E-state index contributed by atoms with van der Waals surface area (Å²) in [5, 5.41) is 0.885. The maximum Gasteiger partial charge on any atom is 0.350 e. The smallest absolute Gasteiger partial charge is 0.350 e. The number of nitrogens with one attached hydrogen (secondary N) is 1. The number of nitrogen functional groups attached to an aromatic ring is 1. The summed E-state index contributed by atoms with van der Waals surface area (Å²) in [4.78, 5) is 11.0. The topological polar surface area (TPSA) is 110 Å². The lowest BCUT2D eigenvalue weighted by molar-refractivity contribution is 0.246. The lowest BCUT2D eigenvalue weighted by Crippen LogP contribution is -2.47. The Morgan fingerprint density at radius 3 is 2.64 bits per heavy atom. The van der Waals surface area contributed by atoms with Crippen molar-refractivity contribution in [3.63, 3.8) is 0 Å². The molecule has 76 valence electrons. The molecule has 0 saturated heterocycles. The van der Waals surface area contributed by atoms with Gasteiger partial charge in [0, 0.05) is 5.69 Å². The van der Waals surface area contributed by atoms with Crippen molar-refractivity contribution in [3.05, 3.63) is 23.8 Å². The highest BCUT2D eigenvalue weighted by Gasteiger charge is 2.10. The number of nitrogens with zero attached hydrogens (tertiary/aromatic N) is 1. The number of nitrogens with two attached hydrogens (primary N) is 3. The zero-order valence-corrected chi connectivity index (χ0v) is 7.82. The van der Waals surface area contributed by atoms with E-state index in [1.54, 1.807) is 18.2 Å². The summed E-state index contributed by atoms with van der Waals surface area (Å²) < 4.78 is 0. The monoisotopic (exact) mass is 195 g/mol. The first-order chi connectivity index (χ1) is 6.56. The summed E-state index contributed by atoms with van der Waals surface area (Å²) in [5.74, 6) is 10.4. The highest BCUT2D eigenvalue weighted by atomic mass is 16.2. The zero-order valence-electron chi connectivity index (χ0n) is 7.82. The summed E-state index contributed by atoms with van der Waals surface area (Å²) in [6, 6.07) is 4.45. The predicted molar refractivity (Wildman–Crippen MR) is 55.0 cm³/mol. The number of hydrogen-bond donors (Lipinski definition) is 4. The standard InChI is InChI=1S/C8H13N5O/c1-5-2-3-6(4-7(5)9)13(11)8(14)12-10/h2-4H,9-11H2,1H3,(H,12,14). The summed E-state index contributed by atoms with van der Waals surface area (Å²) in [5.41, 5.74) is 9.55. The van der Waals surface area contributed by atoms with Gasteiger partial charge in [-0.2, -0.15) is 0 Å².